The molecule has 0 aliphatic rings. The summed E-state index contributed by atoms with van der Waals surface area (Å²) in [6.07, 6.45) is 0.924. The van der Waals surface area contributed by atoms with E-state index in [1.807, 2.05) is 11.6 Å². The largest absolute Gasteiger partial charge is 0.493 e. The first-order chi connectivity index (χ1) is 15.7. The van der Waals surface area contributed by atoms with Crippen LogP contribution in [0.25, 0.3) is 22.4 Å². The molecule has 2 aromatic heterocycles. The Hall–Kier alpha value is -3.41. The zero-order chi connectivity index (χ0) is 24.2. The van der Waals surface area contributed by atoms with Crippen LogP contribution in [0.2, 0.25) is 0 Å². The third kappa shape index (κ3) is 5.16. The number of hydrogen-bond acceptors (Lipinski definition) is 8. The van der Waals surface area contributed by atoms with E-state index in [2.05, 4.69) is 15.1 Å². The first kappa shape index (κ1) is 24.2. The van der Waals surface area contributed by atoms with Gasteiger partial charge in [-0.15, -0.1) is 0 Å². The molecule has 1 amide bonds. The van der Waals surface area contributed by atoms with Gasteiger partial charge in [0.2, 0.25) is 0 Å². The smallest absolute Gasteiger partial charge is 0.421 e. The molecule has 1 aromatic carbocycles. The molecule has 0 aliphatic carbocycles. The van der Waals surface area contributed by atoms with Crippen molar-refractivity contribution in [2.75, 3.05) is 13.2 Å². The number of aromatic amines is 1. The van der Waals surface area contributed by atoms with Gasteiger partial charge in [-0.2, -0.15) is 5.10 Å². The monoisotopic (exact) mass is 477 g/mol. The average molecular weight is 478 g/mol. The van der Waals surface area contributed by atoms with Crippen molar-refractivity contribution in [1.29, 1.82) is 0 Å². The van der Waals surface area contributed by atoms with Gasteiger partial charge in [0, 0.05) is 7.05 Å². The fourth-order valence-corrected chi connectivity index (χ4v) is 4.23. The minimum Gasteiger partial charge on any atom is -0.493 e. The molecule has 2 heterocycles. The quantitative estimate of drug-likeness (QED) is 0.478. The van der Waals surface area contributed by atoms with Crippen LogP contribution in [0.3, 0.4) is 0 Å². The van der Waals surface area contributed by atoms with Gasteiger partial charge in [-0.3, -0.25) is 9.48 Å². The van der Waals surface area contributed by atoms with E-state index in [0.717, 1.165) is 6.42 Å². The average Bonchev–Trinajstić information content (AvgIpc) is 3.08. The molecule has 33 heavy (non-hydrogen) atoms. The second-order valence-electron chi connectivity index (χ2n) is 7.26. The van der Waals surface area contributed by atoms with Gasteiger partial charge in [0.25, 0.3) is 15.6 Å². The van der Waals surface area contributed by atoms with Crippen molar-refractivity contribution in [2.24, 2.45) is 7.05 Å². The van der Waals surface area contributed by atoms with Crippen molar-refractivity contribution in [1.82, 2.24) is 24.5 Å². The van der Waals surface area contributed by atoms with E-state index >= 15 is 0 Å². The van der Waals surface area contributed by atoms with Gasteiger partial charge in [-0.25, -0.2) is 22.9 Å². The predicted molar refractivity (Wildman–Crippen MR) is 122 cm³/mol. The standard InChI is InChI=1S/C21H27N5O6S/c1-5-8-15-17-18(26(4)24-15)20(27)23-19(22-17)14-12-13(9-10-16(14)31-7-3)33(29,30)25-21(28)32-11-6-2/h9-10,12H,5-8,11H2,1-4H3,(H,25,28)(H,22,23,27). The summed E-state index contributed by atoms with van der Waals surface area (Å²) in [7, 11) is -2.57. The Kier molecular flexibility index (Phi) is 7.36. The Balaban J connectivity index is 2.14. The summed E-state index contributed by atoms with van der Waals surface area (Å²) < 4.78 is 39.2. The third-order valence-corrected chi connectivity index (χ3v) is 6.03. The van der Waals surface area contributed by atoms with Crippen molar-refractivity contribution in [2.45, 2.75) is 44.9 Å². The minimum absolute atomic E-state index is 0.0895. The van der Waals surface area contributed by atoms with Gasteiger partial charge in [0.05, 0.1) is 29.4 Å². The summed E-state index contributed by atoms with van der Waals surface area (Å²) in [5.74, 6) is 0.459. The number of amides is 1. The van der Waals surface area contributed by atoms with E-state index in [-0.39, 0.29) is 22.9 Å². The number of fused-ring (bicyclic) bond motifs is 1. The van der Waals surface area contributed by atoms with Crippen LogP contribution in [-0.2, 0) is 28.2 Å². The van der Waals surface area contributed by atoms with Gasteiger partial charge in [0.15, 0.2) is 5.52 Å². The normalized spacial score (nSPS) is 11.5. The lowest BCUT2D eigenvalue weighted by Crippen LogP contribution is -2.31. The van der Waals surface area contributed by atoms with Crippen LogP contribution in [0.15, 0.2) is 27.9 Å². The first-order valence-electron chi connectivity index (χ1n) is 10.6. The fourth-order valence-electron chi connectivity index (χ4n) is 3.32. The highest BCUT2D eigenvalue weighted by Crippen LogP contribution is 2.31. The summed E-state index contributed by atoms with van der Waals surface area (Å²) >= 11 is 0. The number of aromatic nitrogens is 4. The molecule has 0 bridgehead atoms. The maximum atomic E-state index is 12.8. The van der Waals surface area contributed by atoms with Gasteiger partial charge in [0.1, 0.15) is 17.1 Å². The second-order valence-corrected chi connectivity index (χ2v) is 8.95. The zero-order valence-corrected chi connectivity index (χ0v) is 19.8. The highest BCUT2D eigenvalue weighted by atomic mass is 32.2. The summed E-state index contributed by atoms with van der Waals surface area (Å²) in [5.41, 5.74) is 1.28. The molecule has 0 saturated heterocycles. The highest BCUT2D eigenvalue weighted by Gasteiger charge is 2.23. The van der Waals surface area contributed by atoms with Crippen LogP contribution in [0.1, 0.15) is 39.3 Å². The summed E-state index contributed by atoms with van der Waals surface area (Å²) in [4.78, 5) is 31.7. The van der Waals surface area contributed by atoms with Crippen molar-refractivity contribution in [3.05, 3.63) is 34.2 Å². The SMILES string of the molecule is CCCOC(=O)NS(=O)(=O)c1ccc(OCC)c(-c2nc3c(CCC)nn(C)c3c(=O)[nH]2)c1. The number of nitrogens with zero attached hydrogens (tertiary/aromatic N) is 3. The van der Waals surface area contributed by atoms with Gasteiger partial charge in [-0.1, -0.05) is 20.3 Å². The molecule has 0 atom stereocenters. The van der Waals surface area contributed by atoms with E-state index in [4.69, 9.17) is 9.47 Å². The van der Waals surface area contributed by atoms with E-state index in [1.165, 1.54) is 22.9 Å². The van der Waals surface area contributed by atoms with Gasteiger partial charge < -0.3 is 14.5 Å². The number of rotatable bonds is 9. The highest BCUT2D eigenvalue weighted by molar-refractivity contribution is 7.90. The molecule has 2 N–H and O–H groups in total. The molecule has 178 valence electrons. The summed E-state index contributed by atoms with van der Waals surface area (Å²) in [6.45, 7) is 5.96. The molecular formula is C21H27N5O6S. The molecule has 0 aliphatic heterocycles. The molecule has 11 nitrogen and oxygen atoms in total. The van der Waals surface area contributed by atoms with Crippen LogP contribution in [0, 0.1) is 0 Å². The number of ether oxygens (including phenoxy) is 2. The third-order valence-electron chi connectivity index (χ3n) is 4.72. The van der Waals surface area contributed by atoms with E-state index in [1.54, 1.807) is 20.9 Å². The van der Waals surface area contributed by atoms with E-state index < -0.39 is 21.7 Å². The van der Waals surface area contributed by atoms with Gasteiger partial charge in [-0.05, 0) is 38.0 Å². The first-order valence-corrected chi connectivity index (χ1v) is 12.1. The Labute approximate surface area is 191 Å². The lowest BCUT2D eigenvalue weighted by atomic mass is 10.1. The zero-order valence-electron chi connectivity index (χ0n) is 19.0. The molecule has 0 radical (unpaired) electrons. The van der Waals surface area contributed by atoms with Crippen molar-refractivity contribution in [3.8, 4) is 17.1 Å². The van der Waals surface area contributed by atoms with Crippen molar-refractivity contribution >= 4 is 27.1 Å². The molecular weight excluding hydrogens is 450 g/mol. The molecule has 0 saturated carbocycles. The minimum atomic E-state index is -4.23. The van der Waals surface area contributed by atoms with Crippen LogP contribution in [-0.4, -0.2) is 47.5 Å². The molecule has 0 unspecified atom stereocenters. The lowest BCUT2D eigenvalue weighted by Gasteiger charge is -2.13. The fraction of sp³-hybridized carbons (Fsp3) is 0.429. The molecule has 0 spiro atoms. The van der Waals surface area contributed by atoms with E-state index in [0.29, 0.717) is 41.9 Å². The van der Waals surface area contributed by atoms with Crippen LogP contribution < -0.4 is 15.0 Å². The topological polar surface area (TPSA) is 145 Å². The van der Waals surface area contributed by atoms with Crippen LogP contribution in [0.5, 0.6) is 5.75 Å². The van der Waals surface area contributed by atoms with E-state index in [9.17, 15) is 18.0 Å². The lowest BCUT2D eigenvalue weighted by molar-refractivity contribution is 0.152. The second kappa shape index (κ2) is 10.0. The van der Waals surface area contributed by atoms with Crippen molar-refractivity contribution < 1.29 is 22.7 Å². The summed E-state index contributed by atoms with van der Waals surface area (Å²) in [5, 5.41) is 4.39. The van der Waals surface area contributed by atoms with Crippen LogP contribution >= 0.6 is 0 Å². The van der Waals surface area contributed by atoms with Crippen molar-refractivity contribution in [3.63, 3.8) is 0 Å². The molecule has 0 fully saturated rings. The predicted octanol–water partition coefficient (Wildman–Crippen LogP) is 2.50. The summed E-state index contributed by atoms with van der Waals surface area (Å²) in [6, 6.07) is 4.04. The Morgan fingerprint density at radius 2 is 1.97 bits per heavy atom. The number of sulfonamides is 1. The maximum absolute atomic E-state index is 12.8. The maximum Gasteiger partial charge on any atom is 0.421 e. The number of carbonyl (C=O) groups excluding carboxylic acids is 1. The Bertz CT molecular complexity index is 1330. The van der Waals surface area contributed by atoms with Gasteiger partial charge >= 0.3 is 6.09 Å². The number of H-pyrrole nitrogens is 1. The Morgan fingerprint density at radius 1 is 1.21 bits per heavy atom. The van der Waals surface area contributed by atoms with Crippen LogP contribution in [0.4, 0.5) is 4.79 Å². The molecule has 3 aromatic rings. The number of benzene rings is 1. The number of hydrogen-bond donors (Lipinski definition) is 2. The molecule has 3 rings (SSSR count). The Morgan fingerprint density at radius 3 is 2.64 bits per heavy atom. The number of aryl methyl sites for hydroxylation is 2. The molecule has 12 heteroatoms. The number of carbonyl (C=O) groups is 1. The number of nitrogens with one attached hydrogen (secondary N) is 2.